The number of para-hydroxylation sites is 1. The number of aromatic nitrogens is 3. The minimum atomic E-state index is -3.97. The summed E-state index contributed by atoms with van der Waals surface area (Å²) < 4.78 is 32.7. The van der Waals surface area contributed by atoms with E-state index < -0.39 is 16.0 Å². The Labute approximate surface area is 196 Å². The molecule has 4 aromatic rings. The average Bonchev–Trinajstić information content (AvgIpc) is 3.35. The Balaban J connectivity index is 1.67. The number of sulfonamides is 1. The highest BCUT2D eigenvalue weighted by molar-refractivity contribution is 7.90. The van der Waals surface area contributed by atoms with Crippen molar-refractivity contribution < 1.29 is 8.42 Å². The van der Waals surface area contributed by atoms with Crippen LogP contribution in [0.2, 0.25) is 0 Å². The maximum Gasteiger partial charge on any atom is 0.297 e. The Hall–Kier alpha value is -4.38. The molecule has 0 aliphatic heterocycles. The first-order valence-electron chi connectivity index (χ1n) is 10.2. The van der Waals surface area contributed by atoms with Crippen LogP contribution in [0.5, 0.6) is 0 Å². The quantitative estimate of drug-likeness (QED) is 0.322. The number of hydrogen-bond acceptors (Lipinski definition) is 4. The fraction of sp³-hybridized carbons (Fsp3) is 0.0870. The van der Waals surface area contributed by atoms with Crippen LogP contribution in [-0.2, 0) is 17.1 Å². The van der Waals surface area contributed by atoms with Crippen molar-refractivity contribution in [3.63, 3.8) is 0 Å². The van der Waals surface area contributed by atoms with Crippen LogP contribution >= 0.6 is 0 Å². The van der Waals surface area contributed by atoms with Gasteiger partial charge in [0.25, 0.3) is 15.6 Å². The Morgan fingerprint density at radius 2 is 1.62 bits per heavy atom. The van der Waals surface area contributed by atoms with Crippen molar-refractivity contribution in [2.75, 3.05) is 0 Å². The molecular formula is C23H23N7O3S. The molecule has 0 atom stereocenters. The van der Waals surface area contributed by atoms with Gasteiger partial charge in [0.1, 0.15) is 0 Å². The molecule has 0 aliphatic rings. The third-order valence-electron chi connectivity index (χ3n) is 5.27. The van der Waals surface area contributed by atoms with Crippen molar-refractivity contribution in [1.29, 1.82) is 0 Å². The molecule has 34 heavy (non-hydrogen) atoms. The van der Waals surface area contributed by atoms with Crippen LogP contribution in [0.1, 0.15) is 11.4 Å². The summed E-state index contributed by atoms with van der Waals surface area (Å²) in [4.78, 5) is 17.5. The molecule has 4 N–H and O–H groups in total. The lowest BCUT2D eigenvalue weighted by Gasteiger charge is -2.07. The van der Waals surface area contributed by atoms with E-state index in [-0.39, 0.29) is 10.5 Å². The van der Waals surface area contributed by atoms with Crippen LogP contribution in [-0.4, -0.2) is 34.5 Å². The van der Waals surface area contributed by atoms with E-state index in [1.807, 2.05) is 61.0 Å². The molecule has 10 nitrogen and oxygen atoms in total. The largest absolute Gasteiger partial charge is 0.369 e. The summed E-state index contributed by atoms with van der Waals surface area (Å²) in [7, 11) is -2.16. The minimum absolute atomic E-state index is 0.0339. The lowest BCUT2D eigenvalue weighted by Crippen LogP contribution is -2.24. The summed E-state index contributed by atoms with van der Waals surface area (Å²) in [6, 6.07) is 19.1. The maximum atomic E-state index is 13.1. The summed E-state index contributed by atoms with van der Waals surface area (Å²) in [6.07, 6.45) is 3.41. The van der Waals surface area contributed by atoms with Gasteiger partial charge in [-0.25, -0.2) is 9.67 Å². The molecule has 0 saturated carbocycles. The predicted molar refractivity (Wildman–Crippen MR) is 132 cm³/mol. The van der Waals surface area contributed by atoms with Gasteiger partial charge in [-0.2, -0.15) is 8.42 Å². The molecule has 0 amide bonds. The van der Waals surface area contributed by atoms with Crippen LogP contribution in [0.15, 0.2) is 92.0 Å². The highest BCUT2D eigenvalue weighted by Crippen LogP contribution is 2.19. The van der Waals surface area contributed by atoms with Crippen molar-refractivity contribution in [2.45, 2.75) is 11.8 Å². The van der Waals surface area contributed by atoms with E-state index in [0.717, 1.165) is 11.4 Å². The molecule has 0 unspecified atom stereocenters. The zero-order chi connectivity index (χ0) is 24.5. The Bertz CT molecular complexity index is 1550. The van der Waals surface area contributed by atoms with Gasteiger partial charge in [-0.05, 0) is 55.5 Å². The highest BCUT2D eigenvalue weighted by atomic mass is 32.2. The molecule has 11 heteroatoms. The van der Waals surface area contributed by atoms with Gasteiger partial charge in [-0.15, -0.1) is 4.40 Å². The van der Waals surface area contributed by atoms with E-state index in [4.69, 9.17) is 11.5 Å². The van der Waals surface area contributed by atoms with Gasteiger partial charge < -0.3 is 16.0 Å². The molecule has 0 spiro atoms. The van der Waals surface area contributed by atoms with Crippen LogP contribution in [0, 0.1) is 6.92 Å². The first-order valence-corrected chi connectivity index (χ1v) is 11.6. The first-order chi connectivity index (χ1) is 16.2. The van der Waals surface area contributed by atoms with Gasteiger partial charge in [-0.1, -0.05) is 18.2 Å². The molecule has 4 rings (SSSR count). The second kappa shape index (κ2) is 8.87. The van der Waals surface area contributed by atoms with Gasteiger partial charge in [0.2, 0.25) is 5.96 Å². The van der Waals surface area contributed by atoms with Crippen LogP contribution < -0.4 is 17.0 Å². The summed E-state index contributed by atoms with van der Waals surface area (Å²) in [6.45, 7) is 1.84. The highest BCUT2D eigenvalue weighted by Gasteiger charge is 2.16. The van der Waals surface area contributed by atoms with Crippen molar-refractivity contribution in [1.82, 2.24) is 13.9 Å². The van der Waals surface area contributed by atoms with Crippen molar-refractivity contribution in [3.05, 3.63) is 94.7 Å². The normalized spacial score (nSPS) is 11.7. The average molecular weight is 478 g/mol. The number of guanidine groups is 1. The van der Waals surface area contributed by atoms with E-state index >= 15 is 0 Å². The van der Waals surface area contributed by atoms with Crippen molar-refractivity contribution in [3.8, 4) is 11.4 Å². The zero-order valence-corrected chi connectivity index (χ0v) is 19.3. The smallest absolute Gasteiger partial charge is 0.297 e. The molecule has 0 fully saturated rings. The van der Waals surface area contributed by atoms with Gasteiger partial charge in [0, 0.05) is 18.9 Å². The zero-order valence-electron chi connectivity index (χ0n) is 18.5. The summed E-state index contributed by atoms with van der Waals surface area (Å²) in [5.74, 6) is -0.532. The van der Waals surface area contributed by atoms with Gasteiger partial charge in [-0.3, -0.25) is 9.48 Å². The third-order valence-corrected chi connectivity index (χ3v) is 6.59. The summed E-state index contributed by atoms with van der Waals surface area (Å²) in [5, 5.41) is 0. The molecule has 0 aliphatic carbocycles. The molecule has 0 radical (unpaired) electrons. The van der Waals surface area contributed by atoms with E-state index in [0.29, 0.717) is 17.1 Å². The van der Waals surface area contributed by atoms with Crippen LogP contribution in [0.25, 0.3) is 11.4 Å². The topological polar surface area (TPSA) is 143 Å². The molecule has 2 aromatic heterocycles. The predicted octanol–water partition coefficient (Wildman–Crippen LogP) is 1.99. The summed E-state index contributed by atoms with van der Waals surface area (Å²) >= 11 is 0. The fourth-order valence-electron chi connectivity index (χ4n) is 3.54. The number of benzene rings is 2. The third kappa shape index (κ3) is 4.28. The lowest BCUT2D eigenvalue weighted by atomic mass is 10.3. The summed E-state index contributed by atoms with van der Waals surface area (Å²) in [5.41, 5.74) is 13.4. The van der Waals surface area contributed by atoms with E-state index in [9.17, 15) is 13.2 Å². The SMILES string of the molecule is Cc1c(N=Cc2cccn2-c2ccc(S(=O)(=O)N=C(N)N)cc2)c(=O)n(-c2ccccc2)n1C. The first kappa shape index (κ1) is 22.8. The molecule has 2 heterocycles. The molecule has 174 valence electrons. The van der Waals surface area contributed by atoms with Gasteiger partial charge >= 0.3 is 0 Å². The second-order valence-corrected chi connectivity index (χ2v) is 9.06. The van der Waals surface area contributed by atoms with E-state index in [1.165, 1.54) is 12.1 Å². The molecule has 0 bridgehead atoms. The van der Waals surface area contributed by atoms with Crippen LogP contribution in [0.3, 0.4) is 0 Å². The van der Waals surface area contributed by atoms with Crippen molar-refractivity contribution in [2.24, 2.45) is 27.9 Å². The maximum absolute atomic E-state index is 13.1. The fourth-order valence-corrected chi connectivity index (χ4v) is 4.40. The lowest BCUT2D eigenvalue weighted by molar-refractivity contribution is 0.598. The standard InChI is InChI=1S/C23H23N7O3S/c1-16-21(22(31)30(28(16)2)18-7-4-3-5-8-18)26-15-19-9-6-14-29(19)17-10-12-20(13-11-17)34(32,33)27-23(24)25/h3-15H,1-2H3,(H4,24,25,27). The Morgan fingerprint density at radius 1 is 0.941 bits per heavy atom. The molecular weight excluding hydrogens is 454 g/mol. The number of nitrogens with zero attached hydrogens (tertiary/aromatic N) is 5. The number of aliphatic imine (C=N–C) groups is 1. The van der Waals surface area contributed by atoms with Gasteiger partial charge in [0.05, 0.1) is 28.2 Å². The monoisotopic (exact) mass is 477 g/mol. The van der Waals surface area contributed by atoms with Gasteiger partial charge in [0.15, 0.2) is 5.69 Å². The van der Waals surface area contributed by atoms with E-state index in [1.54, 1.807) is 33.9 Å². The molecule has 2 aromatic carbocycles. The van der Waals surface area contributed by atoms with E-state index in [2.05, 4.69) is 9.39 Å². The Kier molecular flexibility index (Phi) is 5.95. The van der Waals surface area contributed by atoms with Crippen LogP contribution in [0.4, 0.5) is 5.69 Å². The minimum Gasteiger partial charge on any atom is -0.369 e. The number of hydrogen-bond donors (Lipinski definition) is 2. The van der Waals surface area contributed by atoms with Crippen molar-refractivity contribution >= 4 is 27.9 Å². The number of rotatable bonds is 6. The number of nitrogens with two attached hydrogens (primary N) is 2. The Morgan fingerprint density at radius 3 is 2.26 bits per heavy atom. The molecule has 0 saturated heterocycles. The second-order valence-electron chi connectivity index (χ2n) is 7.46.